The smallest absolute Gasteiger partial charge is 0.220 e. The average molecular weight is 242 g/mol. The lowest BCUT2D eigenvalue weighted by Crippen LogP contribution is -2.41. The standard InChI is InChI=1S/C14H30N2O/c1-5-7-8-13(10-15)16-14(17)9-12(6-2)11(3)4/h11-13H,5-10,15H2,1-4H3,(H,16,17). The van der Waals surface area contributed by atoms with Crippen molar-refractivity contribution in [1.29, 1.82) is 0 Å². The molecule has 0 heterocycles. The van der Waals surface area contributed by atoms with Crippen LogP contribution in [0.5, 0.6) is 0 Å². The van der Waals surface area contributed by atoms with Gasteiger partial charge in [-0.25, -0.2) is 0 Å². The number of carbonyl (C=O) groups is 1. The van der Waals surface area contributed by atoms with Crippen molar-refractivity contribution in [3.8, 4) is 0 Å². The Bertz CT molecular complexity index is 204. The molecule has 0 aliphatic carbocycles. The van der Waals surface area contributed by atoms with E-state index in [2.05, 4.69) is 33.0 Å². The third-order valence-electron chi connectivity index (χ3n) is 3.47. The third-order valence-corrected chi connectivity index (χ3v) is 3.47. The topological polar surface area (TPSA) is 55.1 Å². The van der Waals surface area contributed by atoms with Gasteiger partial charge in [0.1, 0.15) is 0 Å². The Morgan fingerprint density at radius 1 is 1.29 bits per heavy atom. The van der Waals surface area contributed by atoms with Crippen LogP contribution in [0.4, 0.5) is 0 Å². The molecule has 2 unspecified atom stereocenters. The van der Waals surface area contributed by atoms with Crippen molar-refractivity contribution in [3.05, 3.63) is 0 Å². The number of nitrogens with two attached hydrogens (primary N) is 1. The molecule has 0 saturated heterocycles. The van der Waals surface area contributed by atoms with Gasteiger partial charge in [0.15, 0.2) is 0 Å². The van der Waals surface area contributed by atoms with Gasteiger partial charge in [0, 0.05) is 19.0 Å². The number of hydrogen-bond donors (Lipinski definition) is 2. The SMILES string of the molecule is CCCCC(CN)NC(=O)CC(CC)C(C)C. The predicted octanol–water partition coefficient (Wildman–Crippen LogP) is 2.69. The number of rotatable bonds is 9. The molecule has 0 aliphatic rings. The van der Waals surface area contributed by atoms with Crippen LogP contribution in [0.1, 0.15) is 59.8 Å². The summed E-state index contributed by atoms with van der Waals surface area (Å²) in [6.07, 6.45) is 4.97. The van der Waals surface area contributed by atoms with Crippen molar-refractivity contribution in [3.63, 3.8) is 0 Å². The fraction of sp³-hybridized carbons (Fsp3) is 0.929. The minimum atomic E-state index is 0.159. The van der Waals surface area contributed by atoms with E-state index >= 15 is 0 Å². The number of nitrogens with one attached hydrogen (secondary N) is 1. The molecule has 0 spiro atoms. The molecule has 3 heteroatoms. The van der Waals surface area contributed by atoms with Crippen LogP contribution in [-0.4, -0.2) is 18.5 Å². The summed E-state index contributed by atoms with van der Waals surface area (Å²) < 4.78 is 0. The lowest BCUT2D eigenvalue weighted by atomic mass is 9.90. The van der Waals surface area contributed by atoms with E-state index in [4.69, 9.17) is 5.73 Å². The van der Waals surface area contributed by atoms with Crippen molar-refractivity contribution in [2.75, 3.05) is 6.54 Å². The molecule has 0 fully saturated rings. The van der Waals surface area contributed by atoms with Crippen LogP contribution in [0, 0.1) is 11.8 Å². The van der Waals surface area contributed by atoms with Gasteiger partial charge < -0.3 is 11.1 Å². The normalized spacial score (nSPS) is 14.7. The van der Waals surface area contributed by atoms with Gasteiger partial charge in [-0.05, 0) is 18.3 Å². The van der Waals surface area contributed by atoms with Crippen molar-refractivity contribution in [2.45, 2.75) is 65.8 Å². The molecule has 2 atom stereocenters. The van der Waals surface area contributed by atoms with E-state index in [1.807, 2.05) is 0 Å². The van der Waals surface area contributed by atoms with Crippen LogP contribution in [0.15, 0.2) is 0 Å². The zero-order valence-electron chi connectivity index (χ0n) is 12.0. The maximum Gasteiger partial charge on any atom is 0.220 e. The summed E-state index contributed by atoms with van der Waals surface area (Å²) in [5.74, 6) is 1.22. The maximum atomic E-state index is 11.9. The molecule has 1 amide bonds. The van der Waals surface area contributed by atoms with Gasteiger partial charge in [-0.3, -0.25) is 4.79 Å². The molecule has 0 radical (unpaired) electrons. The zero-order valence-corrected chi connectivity index (χ0v) is 12.0. The number of unbranched alkanes of at least 4 members (excludes halogenated alkanes) is 1. The van der Waals surface area contributed by atoms with Gasteiger partial charge >= 0.3 is 0 Å². The monoisotopic (exact) mass is 242 g/mol. The van der Waals surface area contributed by atoms with Gasteiger partial charge in [0.25, 0.3) is 0 Å². The predicted molar refractivity (Wildman–Crippen MR) is 73.7 cm³/mol. The van der Waals surface area contributed by atoms with Crippen molar-refractivity contribution in [2.24, 2.45) is 17.6 Å². The fourth-order valence-corrected chi connectivity index (χ4v) is 2.08. The van der Waals surface area contributed by atoms with E-state index in [1.165, 1.54) is 0 Å². The molecule has 0 aromatic rings. The Morgan fingerprint density at radius 3 is 2.35 bits per heavy atom. The first-order valence-corrected chi connectivity index (χ1v) is 7.04. The Hall–Kier alpha value is -0.570. The number of hydrogen-bond acceptors (Lipinski definition) is 2. The van der Waals surface area contributed by atoms with Gasteiger partial charge in [-0.15, -0.1) is 0 Å². The molecule has 0 aromatic heterocycles. The van der Waals surface area contributed by atoms with Crippen LogP contribution in [0.3, 0.4) is 0 Å². The molecule has 3 nitrogen and oxygen atoms in total. The average Bonchev–Trinajstić information content (AvgIpc) is 2.30. The second-order valence-corrected chi connectivity index (χ2v) is 5.26. The van der Waals surface area contributed by atoms with Gasteiger partial charge in [-0.1, -0.05) is 47.0 Å². The minimum absolute atomic E-state index is 0.159. The van der Waals surface area contributed by atoms with Crippen LogP contribution >= 0.6 is 0 Å². The second kappa shape index (κ2) is 9.46. The third kappa shape index (κ3) is 7.37. The van der Waals surface area contributed by atoms with Crippen LogP contribution in [0.25, 0.3) is 0 Å². The molecule has 17 heavy (non-hydrogen) atoms. The Labute approximate surface area is 107 Å². The summed E-state index contributed by atoms with van der Waals surface area (Å²) in [7, 11) is 0. The highest BCUT2D eigenvalue weighted by atomic mass is 16.1. The van der Waals surface area contributed by atoms with E-state index in [0.29, 0.717) is 24.8 Å². The highest BCUT2D eigenvalue weighted by Crippen LogP contribution is 2.18. The highest BCUT2D eigenvalue weighted by molar-refractivity contribution is 5.76. The van der Waals surface area contributed by atoms with E-state index < -0.39 is 0 Å². The summed E-state index contributed by atoms with van der Waals surface area (Å²) in [5.41, 5.74) is 5.67. The minimum Gasteiger partial charge on any atom is -0.352 e. The quantitative estimate of drug-likeness (QED) is 0.653. The van der Waals surface area contributed by atoms with Crippen molar-refractivity contribution >= 4 is 5.91 Å². The van der Waals surface area contributed by atoms with E-state index in [9.17, 15) is 4.79 Å². The first-order valence-electron chi connectivity index (χ1n) is 7.04. The number of amides is 1. The molecule has 0 rings (SSSR count). The van der Waals surface area contributed by atoms with Gasteiger partial charge in [0.2, 0.25) is 5.91 Å². The number of carbonyl (C=O) groups excluding carboxylic acids is 1. The van der Waals surface area contributed by atoms with Crippen LogP contribution in [-0.2, 0) is 4.79 Å². The highest BCUT2D eigenvalue weighted by Gasteiger charge is 2.17. The molecule has 3 N–H and O–H groups in total. The van der Waals surface area contributed by atoms with E-state index in [-0.39, 0.29) is 11.9 Å². The fourth-order valence-electron chi connectivity index (χ4n) is 2.08. The lowest BCUT2D eigenvalue weighted by molar-refractivity contribution is -0.123. The molecule has 0 aromatic carbocycles. The Balaban J connectivity index is 4.04. The summed E-state index contributed by atoms with van der Waals surface area (Å²) in [4.78, 5) is 11.9. The molecule has 0 bridgehead atoms. The molecule has 0 saturated carbocycles. The summed E-state index contributed by atoms with van der Waals surface area (Å²) in [5, 5.41) is 3.06. The molecular formula is C14H30N2O. The summed E-state index contributed by atoms with van der Waals surface area (Å²) >= 11 is 0. The zero-order chi connectivity index (χ0) is 13.3. The summed E-state index contributed by atoms with van der Waals surface area (Å²) in [6.45, 7) is 9.21. The first kappa shape index (κ1) is 16.4. The Kier molecular flexibility index (Phi) is 9.14. The van der Waals surface area contributed by atoms with Crippen LogP contribution < -0.4 is 11.1 Å². The van der Waals surface area contributed by atoms with Crippen LogP contribution in [0.2, 0.25) is 0 Å². The van der Waals surface area contributed by atoms with E-state index in [0.717, 1.165) is 25.7 Å². The maximum absolute atomic E-state index is 11.9. The first-order chi connectivity index (χ1) is 8.04. The van der Waals surface area contributed by atoms with Crippen molar-refractivity contribution in [1.82, 2.24) is 5.32 Å². The molecule has 0 aliphatic heterocycles. The molecule has 102 valence electrons. The Morgan fingerprint density at radius 2 is 1.94 bits per heavy atom. The largest absolute Gasteiger partial charge is 0.352 e. The lowest BCUT2D eigenvalue weighted by Gasteiger charge is -2.21. The van der Waals surface area contributed by atoms with Gasteiger partial charge in [0.05, 0.1) is 0 Å². The second-order valence-electron chi connectivity index (χ2n) is 5.26. The van der Waals surface area contributed by atoms with Gasteiger partial charge in [-0.2, -0.15) is 0 Å². The van der Waals surface area contributed by atoms with E-state index in [1.54, 1.807) is 0 Å². The van der Waals surface area contributed by atoms with Crippen molar-refractivity contribution < 1.29 is 4.79 Å². The molecular weight excluding hydrogens is 212 g/mol. The summed E-state index contributed by atoms with van der Waals surface area (Å²) in [6, 6.07) is 0.159.